The van der Waals surface area contributed by atoms with Gasteiger partial charge in [-0.05, 0) is 24.3 Å². The number of hydrogen-bond acceptors (Lipinski definition) is 2. The lowest BCUT2D eigenvalue weighted by Gasteiger charge is -2.17. The van der Waals surface area contributed by atoms with Crippen LogP contribution in [0, 0.1) is 5.82 Å². The molecule has 0 spiro atoms. The molecule has 4 aromatic rings. The van der Waals surface area contributed by atoms with Crippen LogP contribution in [-0.2, 0) is 0 Å². The highest BCUT2D eigenvalue weighted by atomic mass is 127. The molecule has 4 heteroatoms. The molecule has 0 amide bonds. The van der Waals surface area contributed by atoms with Crippen LogP contribution in [0.5, 0.6) is 0 Å². The lowest BCUT2D eigenvalue weighted by Crippen LogP contribution is -2.00. The molecule has 0 bridgehead atoms. The van der Waals surface area contributed by atoms with Crippen molar-refractivity contribution < 1.29 is 4.39 Å². The zero-order valence-corrected chi connectivity index (χ0v) is 14.4. The first-order valence-electron chi connectivity index (χ1n) is 6.86. The number of rotatable bonds is 2. The summed E-state index contributed by atoms with van der Waals surface area (Å²) in [6.45, 7) is 0. The van der Waals surface area contributed by atoms with Crippen molar-refractivity contribution in [3.63, 3.8) is 0 Å². The molecule has 4 rings (SSSR count). The Bertz CT molecular complexity index is 965. The molecule has 0 radical (unpaired) electrons. The molecular formula is C18H11FINS. The number of halogens is 2. The Morgan fingerprint density at radius 3 is 2.23 bits per heavy atom. The molecule has 0 N–H and O–H groups in total. The molecule has 0 aliphatic carbocycles. The van der Waals surface area contributed by atoms with Crippen LogP contribution in [0.15, 0.2) is 66.7 Å². The van der Waals surface area contributed by atoms with Crippen molar-refractivity contribution in [1.29, 1.82) is 0 Å². The number of thiophene rings is 1. The molecular weight excluding hydrogens is 408 g/mol. The lowest BCUT2D eigenvalue weighted by molar-refractivity contribution is 0.642. The predicted molar refractivity (Wildman–Crippen MR) is 102 cm³/mol. The van der Waals surface area contributed by atoms with Gasteiger partial charge in [-0.25, -0.2) is 4.39 Å². The van der Waals surface area contributed by atoms with Crippen LogP contribution in [0.25, 0.3) is 20.2 Å². The molecule has 0 aliphatic rings. The van der Waals surface area contributed by atoms with Crippen LogP contribution in [0.2, 0.25) is 0 Å². The van der Waals surface area contributed by atoms with E-state index in [4.69, 9.17) is 0 Å². The van der Waals surface area contributed by atoms with Gasteiger partial charge in [0.05, 0.1) is 43.6 Å². The molecule has 0 atom stereocenters. The largest absolute Gasteiger partial charge is 0.282 e. The first-order valence-corrected chi connectivity index (χ1v) is 8.64. The summed E-state index contributed by atoms with van der Waals surface area (Å²) in [5, 5.41) is 2.09. The van der Waals surface area contributed by atoms with Gasteiger partial charge in [0.2, 0.25) is 0 Å². The van der Waals surface area contributed by atoms with Crippen LogP contribution >= 0.6 is 34.2 Å². The van der Waals surface area contributed by atoms with Crippen LogP contribution in [0.4, 0.5) is 15.8 Å². The smallest absolute Gasteiger partial charge is 0.141 e. The van der Waals surface area contributed by atoms with E-state index in [1.54, 1.807) is 6.07 Å². The van der Waals surface area contributed by atoms with E-state index in [1.165, 1.54) is 17.4 Å². The van der Waals surface area contributed by atoms with Crippen LogP contribution in [-0.4, -0.2) is 0 Å². The van der Waals surface area contributed by atoms with Gasteiger partial charge in [-0.1, -0.05) is 42.5 Å². The number of hydrogen-bond donors (Lipinski definition) is 0. The van der Waals surface area contributed by atoms with Gasteiger partial charge in [0, 0.05) is 10.8 Å². The van der Waals surface area contributed by atoms with E-state index in [0.29, 0.717) is 0 Å². The molecule has 1 heterocycles. The number of para-hydroxylation sites is 1. The number of fused-ring (bicyclic) bond motifs is 3. The second-order valence-corrected chi connectivity index (χ2v) is 6.97. The summed E-state index contributed by atoms with van der Waals surface area (Å²) in [4.78, 5) is 0. The van der Waals surface area contributed by atoms with Crippen molar-refractivity contribution >= 4 is 65.7 Å². The van der Waals surface area contributed by atoms with Crippen molar-refractivity contribution in [2.45, 2.75) is 0 Å². The van der Waals surface area contributed by atoms with Gasteiger partial charge in [-0.2, -0.15) is 0 Å². The van der Waals surface area contributed by atoms with Gasteiger partial charge in [-0.3, -0.25) is 3.11 Å². The minimum absolute atomic E-state index is 0.149. The minimum atomic E-state index is -0.149. The summed E-state index contributed by atoms with van der Waals surface area (Å²) in [6, 6.07) is 21.6. The zero-order chi connectivity index (χ0) is 15.1. The average Bonchev–Trinajstić information content (AvgIpc) is 2.95. The Balaban J connectivity index is 1.99. The second-order valence-electron chi connectivity index (χ2n) is 4.99. The molecule has 108 valence electrons. The van der Waals surface area contributed by atoms with E-state index in [-0.39, 0.29) is 5.82 Å². The quantitative estimate of drug-likeness (QED) is 0.259. The van der Waals surface area contributed by atoms with Gasteiger partial charge in [0.1, 0.15) is 5.82 Å². The lowest BCUT2D eigenvalue weighted by atomic mass is 10.1. The Morgan fingerprint density at radius 1 is 0.773 bits per heavy atom. The summed E-state index contributed by atoms with van der Waals surface area (Å²) in [5.74, 6) is -0.149. The third kappa shape index (κ3) is 2.18. The molecule has 22 heavy (non-hydrogen) atoms. The highest BCUT2D eigenvalue weighted by molar-refractivity contribution is 14.1. The Morgan fingerprint density at radius 2 is 1.45 bits per heavy atom. The average molecular weight is 419 g/mol. The topological polar surface area (TPSA) is 3.24 Å². The maximum atomic E-state index is 14.1. The van der Waals surface area contributed by atoms with E-state index in [2.05, 4.69) is 50.2 Å². The maximum Gasteiger partial charge on any atom is 0.141 e. The van der Waals surface area contributed by atoms with E-state index in [9.17, 15) is 4.39 Å². The predicted octanol–water partition coefficient (Wildman–Crippen LogP) is 6.68. The van der Waals surface area contributed by atoms with E-state index in [1.807, 2.05) is 30.3 Å². The van der Waals surface area contributed by atoms with E-state index < -0.39 is 0 Å². The molecule has 0 fully saturated rings. The normalized spacial score (nSPS) is 11.2. The second kappa shape index (κ2) is 5.52. The number of nitrogens with zero attached hydrogens (tertiary/aromatic N) is 1. The first-order chi connectivity index (χ1) is 10.8. The highest BCUT2D eigenvalue weighted by Crippen LogP contribution is 2.43. The van der Waals surface area contributed by atoms with Gasteiger partial charge >= 0.3 is 0 Å². The summed E-state index contributed by atoms with van der Waals surface area (Å²) in [5.41, 5.74) is 2.19. The van der Waals surface area contributed by atoms with Crippen molar-refractivity contribution in [1.82, 2.24) is 0 Å². The standard InChI is InChI=1S/C18H11FINS/c19-15-10-4-8-13-14-9-5-11-16(18(14)22-17(13)15)21(20)12-6-2-1-3-7-12/h1-11H. The molecule has 0 saturated heterocycles. The number of benzene rings is 3. The van der Waals surface area contributed by atoms with Gasteiger partial charge < -0.3 is 0 Å². The monoisotopic (exact) mass is 419 g/mol. The van der Waals surface area contributed by atoms with Crippen molar-refractivity contribution in [3.8, 4) is 0 Å². The van der Waals surface area contributed by atoms with E-state index >= 15 is 0 Å². The molecule has 1 nitrogen and oxygen atoms in total. The third-order valence-corrected chi connectivity index (χ3v) is 5.98. The van der Waals surface area contributed by atoms with E-state index in [0.717, 1.165) is 31.5 Å². The Kier molecular flexibility index (Phi) is 3.50. The molecule has 0 saturated carbocycles. The summed E-state index contributed by atoms with van der Waals surface area (Å²) < 4.78 is 18.0. The Hall–Kier alpha value is -1.66. The van der Waals surface area contributed by atoms with Gasteiger partial charge in [-0.15, -0.1) is 11.3 Å². The van der Waals surface area contributed by atoms with Gasteiger partial charge in [0.15, 0.2) is 0 Å². The fourth-order valence-corrected chi connectivity index (χ4v) is 4.72. The maximum absolute atomic E-state index is 14.1. The zero-order valence-electron chi connectivity index (χ0n) is 11.5. The minimum Gasteiger partial charge on any atom is -0.282 e. The Labute approximate surface area is 145 Å². The van der Waals surface area contributed by atoms with Gasteiger partial charge in [0.25, 0.3) is 0 Å². The van der Waals surface area contributed by atoms with Crippen molar-refractivity contribution in [2.24, 2.45) is 0 Å². The SMILES string of the molecule is Fc1cccc2c1sc1c(N(I)c3ccccc3)cccc12. The van der Waals surface area contributed by atoms with Crippen LogP contribution in [0.1, 0.15) is 0 Å². The van der Waals surface area contributed by atoms with Crippen LogP contribution < -0.4 is 3.11 Å². The van der Waals surface area contributed by atoms with Crippen LogP contribution in [0.3, 0.4) is 0 Å². The molecule has 3 aromatic carbocycles. The third-order valence-electron chi connectivity index (χ3n) is 3.65. The molecule has 0 aliphatic heterocycles. The van der Waals surface area contributed by atoms with Crippen molar-refractivity contribution in [2.75, 3.05) is 3.11 Å². The molecule has 1 aromatic heterocycles. The highest BCUT2D eigenvalue weighted by Gasteiger charge is 2.15. The van der Waals surface area contributed by atoms with Crippen molar-refractivity contribution in [3.05, 3.63) is 72.5 Å². The first kappa shape index (κ1) is 14.0. The molecule has 0 unspecified atom stereocenters. The fraction of sp³-hybridized carbons (Fsp3) is 0. The summed E-state index contributed by atoms with van der Waals surface area (Å²) >= 11 is 3.82. The summed E-state index contributed by atoms with van der Waals surface area (Å²) in [7, 11) is 0. The summed E-state index contributed by atoms with van der Waals surface area (Å²) in [6.07, 6.45) is 0. The number of anilines is 2. The fourth-order valence-electron chi connectivity index (χ4n) is 2.62.